The van der Waals surface area contributed by atoms with Crippen LogP contribution in [-0.4, -0.2) is 24.9 Å². The number of carbonyl (C=O) groups excluding carboxylic acids is 2. The highest BCUT2D eigenvalue weighted by atomic mass is 16.2. The monoisotopic (exact) mass is 246 g/mol. The van der Waals surface area contributed by atoms with Crippen LogP contribution in [0.1, 0.15) is 18.9 Å². The lowest BCUT2D eigenvalue weighted by Crippen LogP contribution is -2.29. The molecule has 0 bridgehead atoms. The first-order valence-corrected chi connectivity index (χ1v) is 6.17. The predicted molar refractivity (Wildman–Crippen MR) is 70.3 cm³/mol. The molecule has 4 nitrogen and oxygen atoms in total. The van der Waals surface area contributed by atoms with Gasteiger partial charge in [-0.25, -0.2) is 0 Å². The second kappa shape index (κ2) is 5.21. The van der Waals surface area contributed by atoms with E-state index in [1.165, 1.54) is 12.5 Å². The fourth-order valence-electron chi connectivity index (χ4n) is 2.18. The average molecular weight is 246 g/mol. The van der Waals surface area contributed by atoms with E-state index in [-0.39, 0.29) is 17.7 Å². The van der Waals surface area contributed by atoms with E-state index in [2.05, 4.69) is 5.32 Å². The maximum Gasteiger partial charge on any atom is 0.227 e. The Morgan fingerprint density at radius 3 is 2.67 bits per heavy atom. The smallest absolute Gasteiger partial charge is 0.227 e. The van der Waals surface area contributed by atoms with E-state index in [0.717, 1.165) is 5.69 Å². The summed E-state index contributed by atoms with van der Waals surface area (Å²) in [5.41, 5.74) is 2.12. The fraction of sp³-hybridized carbons (Fsp3) is 0.429. The molecular formula is C14H18N2O2. The van der Waals surface area contributed by atoms with Gasteiger partial charge >= 0.3 is 0 Å². The van der Waals surface area contributed by atoms with Crippen LogP contribution in [0.15, 0.2) is 24.3 Å². The number of benzene rings is 1. The molecule has 1 aliphatic rings. The van der Waals surface area contributed by atoms with Crippen molar-refractivity contribution in [1.82, 2.24) is 5.32 Å². The number of carbonyl (C=O) groups is 2. The van der Waals surface area contributed by atoms with Crippen LogP contribution in [0.25, 0.3) is 0 Å². The molecule has 0 aromatic heterocycles. The number of anilines is 1. The summed E-state index contributed by atoms with van der Waals surface area (Å²) in [4.78, 5) is 24.6. The molecule has 0 spiro atoms. The van der Waals surface area contributed by atoms with Gasteiger partial charge in [0.2, 0.25) is 11.8 Å². The van der Waals surface area contributed by atoms with Crippen LogP contribution in [0.4, 0.5) is 5.69 Å². The van der Waals surface area contributed by atoms with Crippen LogP contribution in [0.5, 0.6) is 0 Å². The van der Waals surface area contributed by atoms with Crippen molar-refractivity contribution in [2.75, 3.05) is 18.0 Å². The lowest BCUT2D eigenvalue weighted by Gasteiger charge is -2.17. The van der Waals surface area contributed by atoms with Gasteiger partial charge in [0, 0.05) is 38.0 Å². The fourth-order valence-corrected chi connectivity index (χ4v) is 2.18. The molecule has 1 aliphatic heterocycles. The van der Waals surface area contributed by atoms with E-state index in [1.54, 1.807) is 4.90 Å². The predicted octanol–water partition coefficient (Wildman–Crippen LogP) is 1.48. The SMILES string of the molecule is CC(=O)NC[C@@H]1CC(=O)N(c2ccc(C)cc2)C1. The molecule has 96 valence electrons. The van der Waals surface area contributed by atoms with E-state index < -0.39 is 0 Å². The number of hydrogen-bond donors (Lipinski definition) is 1. The van der Waals surface area contributed by atoms with E-state index in [1.807, 2.05) is 31.2 Å². The second-order valence-electron chi connectivity index (χ2n) is 4.85. The van der Waals surface area contributed by atoms with E-state index in [4.69, 9.17) is 0 Å². The third kappa shape index (κ3) is 2.88. The molecule has 0 unspecified atom stereocenters. The van der Waals surface area contributed by atoms with Crippen LogP contribution in [0.3, 0.4) is 0 Å². The molecule has 1 aromatic rings. The minimum atomic E-state index is -0.0452. The maximum atomic E-state index is 11.9. The van der Waals surface area contributed by atoms with Crippen molar-refractivity contribution in [3.05, 3.63) is 29.8 Å². The van der Waals surface area contributed by atoms with Crippen molar-refractivity contribution >= 4 is 17.5 Å². The topological polar surface area (TPSA) is 49.4 Å². The summed E-state index contributed by atoms with van der Waals surface area (Å²) in [6.07, 6.45) is 0.508. The van der Waals surface area contributed by atoms with Crippen LogP contribution in [0.2, 0.25) is 0 Å². The number of aryl methyl sites for hydroxylation is 1. The first-order valence-electron chi connectivity index (χ1n) is 6.17. The Hall–Kier alpha value is -1.84. The first-order chi connectivity index (χ1) is 8.56. The summed E-state index contributed by atoms with van der Waals surface area (Å²) in [5, 5.41) is 2.77. The van der Waals surface area contributed by atoms with Gasteiger partial charge in [-0.3, -0.25) is 9.59 Å². The third-order valence-corrected chi connectivity index (χ3v) is 3.19. The standard InChI is InChI=1S/C14H18N2O2/c1-10-3-5-13(6-4-10)16-9-12(7-14(16)18)8-15-11(2)17/h3-6,12H,7-9H2,1-2H3,(H,15,17)/t12-/m0/s1. The lowest BCUT2D eigenvalue weighted by atomic mass is 10.1. The highest BCUT2D eigenvalue weighted by Gasteiger charge is 2.30. The van der Waals surface area contributed by atoms with Crippen molar-refractivity contribution in [2.24, 2.45) is 5.92 Å². The Balaban J connectivity index is 2.00. The Bertz CT molecular complexity index is 453. The molecule has 0 radical (unpaired) electrons. The molecular weight excluding hydrogens is 228 g/mol. The van der Waals surface area contributed by atoms with Gasteiger partial charge in [-0.2, -0.15) is 0 Å². The lowest BCUT2D eigenvalue weighted by molar-refractivity contribution is -0.120. The Labute approximate surface area is 107 Å². The largest absolute Gasteiger partial charge is 0.356 e. The van der Waals surface area contributed by atoms with Crippen molar-refractivity contribution in [1.29, 1.82) is 0 Å². The third-order valence-electron chi connectivity index (χ3n) is 3.19. The molecule has 1 N–H and O–H groups in total. The van der Waals surface area contributed by atoms with Crippen LogP contribution in [0, 0.1) is 12.8 Å². The molecule has 1 atom stereocenters. The van der Waals surface area contributed by atoms with Crippen molar-refractivity contribution in [3.8, 4) is 0 Å². The first kappa shape index (κ1) is 12.6. The molecule has 1 heterocycles. The minimum Gasteiger partial charge on any atom is -0.356 e. The summed E-state index contributed by atoms with van der Waals surface area (Å²) in [5.74, 6) is 0.299. The van der Waals surface area contributed by atoms with Crippen molar-refractivity contribution in [3.63, 3.8) is 0 Å². The van der Waals surface area contributed by atoms with Gasteiger partial charge < -0.3 is 10.2 Å². The summed E-state index contributed by atoms with van der Waals surface area (Å²) in [6.45, 7) is 4.77. The highest BCUT2D eigenvalue weighted by molar-refractivity contribution is 5.95. The Morgan fingerprint density at radius 2 is 2.06 bits per heavy atom. The summed E-state index contributed by atoms with van der Waals surface area (Å²) < 4.78 is 0. The van der Waals surface area contributed by atoms with Gasteiger partial charge in [0.1, 0.15) is 0 Å². The van der Waals surface area contributed by atoms with Gasteiger partial charge in [-0.1, -0.05) is 17.7 Å². The number of amides is 2. The molecule has 2 rings (SSSR count). The number of nitrogens with one attached hydrogen (secondary N) is 1. The summed E-state index contributed by atoms with van der Waals surface area (Å²) in [6, 6.07) is 7.94. The minimum absolute atomic E-state index is 0.0452. The number of hydrogen-bond acceptors (Lipinski definition) is 2. The van der Waals surface area contributed by atoms with Crippen molar-refractivity contribution < 1.29 is 9.59 Å². The normalized spacial score (nSPS) is 19.1. The number of rotatable bonds is 3. The van der Waals surface area contributed by atoms with Crippen LogP contribution in [-0.2, 0) is 9.59 Å². The summed E-state index contributed by atoms with van der Waals surface area (Å²) in [7, 11) is 0. The molecule has 1 aromatic carbocycles. The van der Waals surface area contributed by atoms with Crippen molar-refractivity contribution in [2.45, 2.75) is 20.3 Å². The molecule has 18 heavy (non-hydrogen) atoms. The molecule has 4 heteroatoms. The van der Waals surface area contributed by atoms with Gasteiger partial charge in [0.15, 0.2) is 0 Å². The molecule has 1 fully saturated rings. The number of nitrogens with zero attached hydrogens (tertiary/aromatic N) is 1. The highest BCUT2D eigenvalue weighted by Crippen LogP contribution is 2.24. The van der Waals surface area contributed by atoms with E-state index in [0.29, 0.717) is 19.5 Å². The molecule has 0 saturated carbocycles. The quantitative estimate of drug-likeness (QED) is 0.878. The van der Waals surface area contributed by atoms with Gasteiger partial charge in [-0.05, 0) is 19.1 Å². The average Bonchev–Trinajstić information content (AvgIpc) is 2.69. The Morgan fingerprint density at radius 1 is 1.39 bits per heavy atom. The second-order valence-corrected chi connectivity index (χ2v) is 4.85. The van der Waals surface area contributed by atoms with Crippen LogP contribution >= 0.6 is 0 Å². The maximum absolute atomic E-state index is 11.9. The van der Waals surface area contributed by atoms with Gasteiger partial charge in [0.05, 0.1) is 0 Å². The van der Waals surface area contributed by atoms with Gasteiger partial charge in [0.25, 0.3) is 0 Å². The Kier molecular flexibility index (Phi) is 3.65. The van der Waals surface area contributed by atoms with Crippen LogP contribution < -0.4 is 10.2 Å². The molecule has 0 aliphatic carbocycles. The van der Waals surface area contributed by atoms with Gasteiger partial charge in [-0.15, -0.1) is 0 Å². The van der Waals surface area contributed by atoms with E-state index in [9.17, 15) is 9.59 Å². The zero-order chi connectivity index (χ0) is 13.1. The molecule has 2 amide bonds. The molecule has 1 saturated heterocycles. The summed E-state index contributed by atoms with van der Waals surface area (Å²) >= 11 is 0. The van der Waals surface area contributed by atoms with E-state index >= 15 is 0 Å². The zero-order valence-corrected chi connectivity index (χ0v) is 10.8. The zero-order valence-electron chi connectivity index (χ0n) is 10.8.